The van der Waals surface area contributed by atoms with Crippen LogP contribution in [0.1, 0.15) is 26.2 Å². The van der Waals surface area contributed by atoms with Gasteiger partial charge in [0.25, 0.3) is 0 Å². The Hall–Kier alpha value is -0.640. The first-order valence-electron chi connectivity index (χ1n) is 8.30. The minimum absolute atomic E-state index is 0.339. The summed E-state index contributed by atoms with van der Waals surface area (Å²) in [5, 5.41) is 3.54. The molecule has 0 spiro atoms. The van der Waals surface area contributed by atoms with Gasteiger partial charge in [-0.3, -0.25) is 0 Å². The molecule has 1 N–H and O–H groups in total. The molecule has 1 rings (SSSR count). The lowest BCUT2D eigenvalue weighted by atomic mass is 10.1. The summed E-state index contributed by atoms with van der Waals surface area (Å²) in [4.78, 5) is 0. The number of terminal acetylenes is 1. The molecule has 0 aromatic heterocycles. The van der Waals surface area contributed by atoms with Crippen LogP contribution < -0.4 is 5.32 Å². The van der Waals surface area contributed by atoms with Crippen molar-refractivity contribution in [1.82, 2.24) is 5.32 Å². The van der Waals surface area contributed by atoms with Gasteiger partial charge < -0.3 is 24.3 Å². The van der Waals surface area contributed by atoms with Gasteiger partial charge in [0, 0.05) is 12.6 Å². The normalized spacial score (nSPS) is 21.1. The van der Waals surface area contributed by atoms with E-state index in [4.69, 9.17) is 25.4 Å². The molecule has 1 aliphatic rings. The Labute approximate surface area is 135 Å². The van der Waals surface area contributed by atoms with Gasteiger partial charge in [-0.1, -0.05) is 12.8 Å². The summed E-state index contributed by atoms with van der Waals surface area (Å²) in [5.74, 6) is 3.28. The van der Waals surface area contributed by atoms with Gasteiger partial charge in [0.15, 0.2) is 0 Å². The zero-order chi connectivity index (χ0) is 15.9. The highest BCUT2D eigenvalue weighted by Gasteiger charge is 2.19. The molecule has 5 heteroatoms. The molecule has 22 heavy (non-hydrogen) atoms. The zero-order valence-electron chi connectivity index (χ0n) is 13.9. The molecular weight excluding hydrogens is 282 g/mol. The smallest absolute Gasteiger partial charge is 0.107 e. The number of hydrogen-bond acceptors (Lipinski definition) is 5. The molecule has 1 fully saturated rings. The summed E-state index contributed by atoms with van der Waals surface area (Å²) in [6.07, 6.45) is 9.01. The maximum absolute atomic E-state index is 5.53. The topological polar surface area (TPSA) is 49.0 Å². The number of rotatable bonds is 14. The van der Waals surface area contributed by atoms with E-state index in [9.17, 15) is 0 Å². The Kier molecular flexibility index (Phi) is 12.3. The Morgan fingerprint density at radius 1 is 0.909 bits per heavy atom. The van der Waals surface area contributed by atoms with Crippen molar-refractivity contribution in [3.63, 3.8) is 0 Å². The molecule has 0 aromatic carbocycles. The van der Waals surface area contributed by atoms with E-state index in [2.05, 4.69) is 18.2 Å². The standard InChI is InChI=1S/C17H31NO4/c1-3-7-19-9-11-21-13-14-22-12-10-20-8-6-18-17-5-4-16(2)15-17/h1,16-18H,4-15H2,2H3. The first-order valence-corrected chi connectivity index (χ1v) is 8.30. The van der Waals surface area contributed by atoms with Gasteiger partial charge in [-0.05, 0) is 25.2 Å². The van der Waals surface area contributed by atoms with Crippen LogP contribution in [0.4, 0.5) is 0 Å². The summed E-state index contributed by atoms with van der Waals surface area (Å²) in [6, 6.07) is 0.691. The quantitative estimate of drug-likeness (QED) is 0.389. The average Bonchev–Trinajstić information content (AvgIpc) is 2.93. The Balaban J connectivity index is 1.69. The van der Waals surface area contributed by atoms with Crippen LogP contribution in [0.25, 0.3) is 0 Å². The maximum atomic E-state index is 5.53. The predicted octanol–water partition coefficient (Wildman–Crippen LogP) is 1.46. The molecule has 128 valence electrons. The molecule has 2 unspecified atom stereocenters. The molecule has 0 saturated heterocycles. The Morgan fingerprint density at radius 2 is 1.50 bits per heavy atom. The first-order chi connectivity index (χ1) is 10.8. The fourth-order valence-electron chi connectivity index (χ4n) is 2.52. The summed E-state index contributed by atoms with van der Waals surface area (Å²) in [7, 11) is 0. The SMILES string of the molecule is C#CCOCCOCCOCCOCCNC1CCC(C)C1. The van der Waals surface area contributed by atoms with Crippen molar-refractivity contribution in [2.24, 2.45) is 5.92 Å². The van der Waals surface area contributed by atoms with Crippen molar-refractivity contribution >= 4 is 0 Å². The molecular formula is C17H31NO4. The van der Waals surface area contributed by atoms with Crippen LogP contribution >= 0.6 is 0 Å². The predicted molar refractivity (Wildman–Crippen MR) is 86.9 cm³/mol. The lowest BCUT2D eigenvalue weighted by molar-refractivity contribution is 0.00156. The maximum Gasteiger partial charge on any atom is 0.107 e. The largest absolute Gasteiger partial charge is 0.378 e. The first kappa shape index (κ1) is 19.4. The van der Waals surface area contributed by atoms with E-state index in [-0.39, 0.29) is 0 Å². The second-order valence-electron chi connectivity index (χ2n) is 5.66. The highest BCUT2D eigenvalue weighted by molar-refractivity contribution is 4.82. The van der Waals surface area contributed by atoms with E-state index in [1.807, 2.05) is 0 Å². The summed E-state index contributed by atoms with van der Waals surface area (Å²) in [6.45, 7) is 7.81. The highest BCUT2D eigenvalue weighted by atomic mass is 16.6. The number of ether oxygens (including phenoxy) is 4. The van der Waals surface area contributed by atoms with Gasteiger partial charge >= 0.3 is 0 Å². The molecule has 1 saturated carbocycles. The van der Waals surface area contributed by atoms with Crippen molar-refractivity contribution in [3.8, 4) is 12.3 Å². The summed E-state index contributed by atoms with van der Waals surface area (Å²) >= 11 is 0. The molecule has 0 heterocycles. The van der Waals surface area contributed by atoms with Gasteiger partial charge in [-0.15, -0.1) is 6.42 Å². The number of nitrogens with one attached hydrogen (secondary N) is 1. The van der Waals surface area contributed by atoms with E-state index in [1.54, 1.807) is 0 Å². The van der Waals surface area contributed by atoms with Gasteiger partial charge in [0.1, 0.15) is 6.61 Å². The van der Waals surface area contributed by atoms with Gasteiger partial charge in [-0.25, -0.2) is 0 Å². The second kappa shape index (κ2) is 14.0. The van der Waals surface area contributed by atoms with E-state index < -0.39 is 0 Å². The van der Waals surface area contributed by atoms with Crippen LogP contribution in [-0.2, 0) is 18.9 Å². The fraction of sp³-hybridized carbons (Fsp3) is 0.882. The minimum Gasteiger partial charge on any atom is -0.378 e. The van der Waals surface area contributed by atoms with Crippen LogP contribution in [0.15, 0.2) is 0 Å². The molecule has 2 atom stereocenters. The van der Waals surface area contributed by atoms with Crippen molar-refractivity contribution in [2.45, 2.75) is 32.2 Å². The van der Waals surface area contributed by atoms with Crippen LogP contribution in [0, 0.1) is 18.3 Å². The molecule has 0 aromatic rings. The van der Waals surface area contributed by atoms with E-state index in [1.165, 1.54) is 19.3 Å². The monoisotopic (exact) mass is 313 g/mol. The van der Waals surface area contributed by atoms with Crippen molar-refractivity contribution in [2.75, 3.05) is 59.4 Å². The van der Waals surface area contributed by atoms with Crippen molar-refractivity contribution < 1.29 is 18.9 Å². The lowest BCUT2D eigenvalue weighted by Crippen LogP contribution is -2.30. The Bertz CT molecular complexity index is 293. The molecule has 0 bridgehead atoms. The lowest BCUT2D eigenvalue weighted by Gasteiger charge is -2.12. The molecule has 1 aliphatic carbocycles. The van der Waals surface area contributed by atoms with Gasteiger partial charge in [0.2, 0.25) is 0 Å². The summed E-state index contributed by atoms with van der Waals surface area (Å²) < 4.78 is 21.3. The van der Waals surface area contributed by atoms with E-state index in [0.29, 0.717) is 52.3 Å². The second-order valence-corrected chi connectivity index (χ2v) is 5.66. The Morgan fingerprint density at radius 3 is 2.05 bits per heavy atom. The summed E-state index contributed by atoms with van der Waals surface area (Å²) in [5.41, 5.74) is 0. The van der Waals surface area contributed by atoms with Gasteiger partial charge in [-0.2, -0.15) is 0 Å². The van der Waals surface area contributed by atoms with E-state index >= 15 is 0 Å². The molecule has 0 radical (unpaired) electrons. The average molecular weight is 313 g/mol. The third kappa shape index (κ3) is 11.0. The van der Waals surface area contributed by atoms with Crippen LogP contribution in [0.3, 0.4) is 0 Å². The molecule has 5 nitrogen and oxygen atoms in total. The van der Waals surface area contributed by atoms with Crippen molar-refractivity contribution in [1.29, 1.82) is 0 Å². The number of hydrogen-bond donors (Lipinski definition) is 1. The fourth-order valence-corrected chi connectivity index (χ4v) is 2.52. The third-order valence-electron chi connectivity index (χ3n) is 3.68. The third-order valence-corrected chi connectivity index (χ3v) is 3.68. The zero-order valence-corrected chi connectivity index (χ0v) is 13.9. The van der Waals surface area contributed by atoms with Crippen LogP contribution in [0.5, 0.6) is 0 Å². The molecule has 0 aliphatic heterocycles. The van der Waals surface area contributed by atoms with E-state index in [0.717, 1.165) is 19.1 Å². The van der Waals surface area contributed by atoms with Gasteiger partial charge in [0.05, 0.1) is 46.2 Å². The minimum atomic E-state index is 0.339. The highest BCUT2D eigenvalue weighted by Crippen LogP contribution is 2.24. The molecule has 0 amide bonds. The van der Waals surface area contributed by atoms with Crippen LogP contribution in [-0.4, -0.2) is 65.4 Å². The van der Waals surface area contributed by atoms with Crippen LogP contribution in [0.2, 0.25) is 0 Å². The van der Waals surface area contributed by atoms with Crippen molar-refractivity contribution in [3.05, 3.63) is 0 Å².